The Hall–Kier alpha value is -2.05. The van der Waals surface area contributed by atoms with Gasteiger partial charge in [-0.2, -0.15) is 11.8 Å². The first-order valence-electron chi connectivity index (χ1n) is 9.37. The average molecular weight is 388 g/mol. The van der Waals surface area contributed by atoms with Crippen LogP contribution in [0.1, 0.15) is 11.1 Å². The Kier molecular flexibility index (Phi) is 7.54. The van der Waals surface area contributed by atoms with Gasteiger partial charge in [-0.05, 0) is 48.2 Å². The molecule has 6 heteroatoms. The van der Waals surface area contributed by atoms with Crippen molar-refractivity contribution in [1.82, 2.24) is 10.2 Å². The first-order valence-corrected chi connectivity index (χ1v) is 10.5. The van der Waals surface area contributed by atoms with Gasteiger partial charge >= 0.3 is 6.03 Å². The molecule has 3 rings (SSSR count). The number of thioether (sulfide) groups is 1. The Labute approximate surface area is 164 Å². The molecule has 0 spiro atoms. The fraction of sp³-hybridized carbons (Fsp3) is 0.381. The lowest BCUT2D eigenvalue weighted by molar-refractivity contribution is 0.252. The highest BCUT2D eigenvalue weighted by Gasteiger charge is 2.10. The summed E-state index contributed by atoms with van der Waals surface area (Å²) in [5, 5.41) is 5.64. The summed E-state index contributed by atoms with van der Waals surface area (Å²) in [4.78, 5) is 14.5. The zero-order valence-electron chi connectivity index (χ0n) is 15.4. The van der Waals surface area contributed by atoms with Crippen LogP contribution >= 0.6 is 11.8 Å². The van der Waals surface area contributed by atoms with Crippen LogP contribution in [-0.2, 0) is 12.8 Å². The first-order chi connectivity index (χ1) is 13.2. The van der Waals surface area contributed by atoms with Gasteiger partial charge < -0.3 is 15.5 Å². The lowest BCUT2D eigenvalue weighted by Crippen LogP contribution is -2.34. The summed E-state index contributed by atoms with van der Waals surface area (Å²) >= 11 is 2.03. The summed E-state index contributed by atoms with van der Waals surface area (Å²) in [6, 6.07) is 14.2. The Bertz CT molecular complexity index is 732. The third kappa shape index (κ3) is 6.88. The molecule has 0 radical (unpaired) electrons. The minimum atomic E-state index is -0.254. The summed E-state index contributed by atoms with van der Waals surface area (Å²) in [5.41, 5.74) is 2.92. The van der Waals surface area contributed by atoms with Crippen molar-refractivity contribution < 1.29 is 9.18 Å². The largest absolute Gasteiger partial charge is 0.338 e. The molecule has 2 aromatic rings. The van der Waals surface area contributed by atoms with Gasteiger partial charge in [0, 0.05) is 43.4 Å². The lowest BCUT2D eigenvalue weighted by atomic mass is 10.1. The van der Waals surface area contributed by atoms with Crippen LogP contribution in [0.3, 0.4) is 0 Å². The Balaban J connectivity index is 1.37. The molecule has 2 aromatic carbocycles. The number of nitrogens with zero attached hydrogens (tertiary/aromatic N) is 1. The van der Waals surface area contributed by atoms with E-state index in [9.17, 15) is 9.18 Å². The smallest absolute Gasteiger partial charge is 0.319 e. The van der Waals surface area contributed by atoms with Crippen molar-refractivity contribution in [3.8, 4) is 0 Å². The molecule has 2 amide bonds. The highest BCUT2D eigenvalue weighted by atomic mass is 32.2. The molecule has 0 bridgehead atoms. The van der Waals surface area contributed by atoms with Gasteiger partial charge in [0.15, 0.2) is 0 Å². The first kappa shape index (κ1) is 19.7. The lowest BCUT2D eigenvalue weighted by Gasteiger charge is -2.26. The molecule has 0 atom stereocenters. The van der Waals surface area contributed by atoms with E-state index in [1.807, 2.05) is 30.0 Å². The van der Waals surface area contributed by atoms with Crippen LogP contribution in [0.5, 0.6) is 0 Å². The van der Waals surface area contributed by atoms with E-state index >= 15 is 0 Å². The van der Waals surface area contributed by atoms with E-state index in [0.29, 0.717) is 13.0 Å². The molecule has 1 heterocycles. The highest BCUT2D eigenvalue weighted by molar-refractivity contribution is 7.99. The number of benzene rings is 2. The molecule has 0 saturated carbocycles. The number of halogens is 1. The van der Waals surface area contributed by atoms with E-state index in [4.69, 9.17) is 0 Å². The maximum Gasteiger partial charge on any atom is 0.319 e. The third-order valence-electron chi connectivity index (χ3n) is 4.62. The number of carbonyl (C=O) groups excluding carboxylic acids is 1. The van der Waals surface area contributed by atoms with Crippen LogP contribution < -0.4 is 10.6 Å². The predicted octanol–water partition coefficient (Wildman–Crippen LogP) is 3.78. The number of rotatable bonds is 7. The molecule has 0 aliphatic carbocycles. The average Bonchev–Trinajstić information content (AvgIpc) is 2.68. The Morgan fingerprint density at radius 2 is 1.81 bits per heavy atom. The van der Waals surface area contributed by atoms with Crippen LogP contribution in [0, 0.1) is 5.82 Å². The van der Waals surface area contributed by atoms with Gasteiger partial charge in [-0.25, -0.2) is 9.18 Å². The third-order valence-corrected chi connectivity index (χ3v) is 5.56. The van der Waals surface area contributed by atoms with Crippen LogP contribution in [0.2, 0.25) is 0 Å². The van der Waals surface area contributed by atoms with Gasteiger partial charge in [-0.3, -0.25) is 0 Å². The van der Waals surface area contributed by atoms with Crippen molar-refractivity contribution in [3.05, 3.63) is 65.5 Å². The molecule has 0 unspecified atom stereocenters. The van der Waals surface area contributed by atoms with Crippen molar-refractivity contribution in [3.63, 3.8) is 0 Å². The molecular formula is C21H26FN3OS. The van der Waals surface area contributed by atoms with Crippen LogP contribution in [-0.4, -0.2) is 48.6 Å². The molecule has 1 aliphatic rings. The normalized spacial score (nSPS) is 14.7. The van der Waals surface area contributed by atoms with Crippen molar-refractivity contribution in [1.29, 1.82) is 0 Å². The molecule has 144 valence electrons. The Morgan fingerprint density at radius 1 is 1.04 bits per heavy atom. The molecule has 1 aliphatic heterocycles. The minimum Gasteiger partial charge on any atom is -0.338 e. The molecule has 2 N–H and O–H groups in total. The molecule has 4 nitrogen and oxygen atoms in total. The van der Waals surface area contributed by atoms with Crippen LogP contribution in [0.4, 0.5) is 14.9 Å². The number of carbonyl (C=O) groups is 1. The van der Waals surface area contributed by atoms with E-state index in [0.717, 1.165) is 24.2 Å². The van der Waals surface area contributed by atoms with Gasteiger partial charge in [-0.15, -0.1) is 0 Å². The van der Waals surface area contributed by atoms with Crippen molar-refractivity contribution in [2.75, 3.05) is 43.0 Å². The summed E-state index contributed by atoms with van der Waals surface area (Å²) in [5.74, 6) is 2.21. The summed E-state index contributed by atoms with van der Waals surface area (Å²) in [6.07, 6.45) is 1.63. The van der Waals surface area contributed by atoms with Gasteiger partial charge in [0.2, 0.25) is 0 Å². The molecule has 0 aromatic heterocycles. The number of amides is 2. The topological polar surface area (TPSA) is 44.4 Å². The van der Waals surface area contributed by atoms with Gasteiger partial charge in [0.1, 0.15) is 5.82 Å². The zero-order chi connectivity index (χ0) is 18.9. The number of urea groups is 1. The van der Waals surface area contributed by atoms with Crippen molar-refractivity contribution >= 4 is 23.5 Å². The summed E-state index contributed by atoms with van der Waals surface area (Å²) in [6.45, 7) is 3.91. The van der Waals surface area contributed by atoms with Crippen molar-refractivity contribution in [2.45, 2.75) is 12.8 Å². The molecule has 1 saturated heterocycles. The fourth-order valence-electron chi connectivity index (χ4n) is 3.05. The van der Waals surface area contributed by atoms with E-state index in [-0.39, 0.29) is 11.8 Å². The van der Waals surface area contributed by atoms with E-state index in [1.54, 1.807) is 6.07 Å². The molecule has 27 heavy (non-hydrogen) atoms. The maximum atomic E-state index is 13.1. The summed E-state index contributed by atoms with van der Waals surface area (Å²) < 4.78 is 13.1. The van der Waals surface area contributed by atoms with Gasteiger partial charge in [0.25, 0.3) is 0 Å². The van der Waals surface area contributed by atoms with Gasteiger partial charge in [-0.1, -0.05) is 24.3 Å². The van der Waals surface area contributed by atoms with Crippen molar-refractivity contribution in [2.24, 2.45) is 0 Å². The maximum absolute atomic E-state index is 13.1. The van der Waals surface area contributed by atoms with Gasteiger partial charge in [0.05, 0.1) is 0 Å². The van der Waals surface area contributed by atoms with E-state index in [2.05, 4.69) is 27.7 Å². The number of anilines is 1. The quantitative estimate of drug-likeness (QED) is 0.760. The standard InChI is InChI=1S/C21H26FN3OS/c22-19-3-1-2-18(16-19)8-10-23-21(26)24-20-6-4-17(5-7-20)9-11-25-12-14-27-15-13-25/h1-7,16H,8-15H2,(H2,23,24,26). The minimum absolute atomic E-state index is 0.245. The zero-order valence-corrected chi connectivity index (χ0v) is 16.2. The van der Waals surface area contributed by atoms with E-state index < -0.39 is 0 Å². The fourth-order valence-corrected chi connectivity index (χ4v) is 4.03. The Morgan fingerprint density at radius 3 is 2.56 bits per heavy atom. The second kappa shape index (κ2) is 10.3. The highest BCUT2D eigenvalue weighted by Crippen LogP contribution is 2.13. The van der Waals surface area contributed by atoms with E-state index in [1.165, 1.54) is 42.3 Å². The number of hydrogen-bond acceptors (Lipinski definition) is 3. The molecular weight excluding hydrogens is 361 g/mol. The predicted molar refractivity (Wildman–Crippen MR) is 111 cm³/mol. The molecule has 1 fully saturated rings. The monoisotopic (exact) mass is 387 g/mol. The summed E-state index contributed by atoms with van der Waals surface area (Å²) in [7, 11) is 0. The number of hydrogen-bond donors (Lipinski definition) is 2. The second-order valence-corrected chi connectivity index (χ2v) is 7.89. The van der Waals surface area contributed by atoms with Crippen LogP contribution in [0.25, 0.3) is 0 Å². The second-order valence-electron chi connectivity index (χ2n) is 6.66. The SMILES string of the molecule is O=C(NCCc1cccc(F)c1)Nc1ccc(CCN2CCSCC2)cc1. The number of nitrogens with one attached hydrogen (secondary N) is 2. The van der Waals surface area contributed by atoms with Crippen LogP contribution in [0.15, 0.2) is 48.5 Å².